The number of carbonyl (C=O) groups excluding carboxylic acids is 2. The van der Waals surface area contributed by atoms with Gasteiger partial charge in [0, 0.05) is 47.9 Å². The zero-order chi connectivity index (χ0) is 19.3. The first-order chi connectivity index (χ1) is 13.6. The number of ether oxygens (including phenoxy) is 1. The van der Waals surface area contributed by atoms with Crippen LogP contribution in [0.25, 0.3) is 22.2 Å². The molecule has 0 atom stereocenters. The van der Waals surface area contributed by atoms with E-state index in [1.165, 1.54) is 7.11 Å². The lowest BCUT2D eigenvalue weighted by molar-refractivity contribution is 0.0901. The van der Waals surface area contributed by atoms with Crippen molar-refractivity contribution in [1.29, 1.82) is 0 Å². The number of carbonyl (C=O) groups is 2. The van der Waals surface area contributed by atoms with Crippen LogP contribution in [0.3, 0.4) is 0 Å². The molecule has 1 fully saturated rings. The van der Waals surface area contributed by atoms with E-state index in [1.54, 1.807) is 4.90 Å². The highest BCUT2D eigenvalue weighted by atomic mass is 16.5. The SMILES string of the molecule is COC(=O)NC(=O)N1CC2(CCn3nc(-c4cnc5ccccc5c4)cc32)C1. The average Bonchev–Trinajstić information content (AvgIpc) is 3.25. The molecule has 1 aromatic carbocycles. The number of amides is 3. The molecule has 0 bridgehead atoms. The number of aryl methyl sites for hydroxylation is 1. The molecule has 0 radical (unpaired) electrons. The Morgan fingerprint density at radius 2 is 2.04 bits per heavy atom. The fourth-order valence-electron chi connectivity index (χ4n) is 4.18. The number of hydrogen-bond acceptors (Lipinski definition) is 5. The topological polar surface area (TPSA) is 89.4 Å². The fraction of sp³-hybridized carbons (Fsp3) is 0.300. The number of benzene rings is 1. The number of alkyl carbamates (subject to hydrolysis) is 1. The highest BCUT2D eigenvalue weighted by Crippen LogP contribution is 2.43. The Labute approximate surface area is 161 Å². The number of imide groups is 1. The third-order valence-corrected chi connectivity index (χ3v) is 5.68. The van der Waals surface area contributed by atoms with Crippen LogP contribution in [0.2, 0.25) is 0 Å². The Kier molecular flexibility index (Phi) is 3.61. The molecule has 1 saturated heterocycles. The minimum Gasteiger partial charge on any atom is -0.453 e. The number of pyridine rings is 1. The maximum Gasteiger partial charge on any atom is 0.415 e. The summed E-state index contributed by atoms with van der Waals surface area (Å²) in [5.74, 6) is 0. The summed E-state index contributed by atoms with van der Waals surface area (Å²) in [5.41, 5.74) is 3.88. The highest BCUT2D eigenvalue weighted by molar-refractivity contribution is 5.91. The molecule has 3 amide bonds. The third kappa shape index (κ3) is 2.52. The predicted octanol–water partition coefficient (Wildman–Crippen LogP) is 2.53. The molecule has 28 heavy (non-hydrogen) atoms. The van der Waals surface area contributed by atoms with Gasteiger partial charge in [-0.3, -0.25) is 9.67 Å². The Hall–Kier alpha value is -3.42. The van der Waals surface area contributed by atoms with Crippen LogP contribution < -0.4 is 5.32 Å². The molecule has 3 aromatic rings. The number of fused-ring (bicyclic) bond motifs is 3. The number of rotatable bonds is 1. The quantitative estimate of drug-likeness (QED) is 0.704. The van der Waals surface area contributed by atoms with Crippen LogP contribution in [-0.2, 0) is 16.7 Å². The predicted molar refractivity (Wildman–Crippen MR) is 102 cm³/mol. The lowest BCUT2D eigenvalue weighted by Crippen LogP contribution is -2.62. The molecular formula is C20H19N5O3. The molecule has 5 rings (SSSR count). The summed E-state index contributed by atoms with van der Waals surface area (Å²) in [6.07, 6.45) is 2.05. The maximum absolute atomic E-state index is 12.1. The Balaban J connectivity index is 1.38. The second-order valence-corrected chi connectivity index (χ2v) is 7.36. The first-order valence-electron chi connectivity index (χ1n) is 9.15. The number of nitrogens with one attached hydrogen (secondary N) is 1. The van der Waals surface area contributed by atoms with Gasteiger partial charge in [0.1, 0.15) is 0 Å². The second kappa shape index (κ2) is 6.05. The van der Waals surface area contributed by atoms with Gasteiger partial charge in [-0.1, -0.05) is 18.2 Å². The molecule has 8 nitrogen and oxygen atoms in total. The maximum atomic E-state index is 12.1. The van der Waals surface area contributed by atoms with E-state index < -0.39 is 12.1 Å². The monoisotopic (exact) mass is 377 g/mol. The van der Waals surface area contributed by atoms with Crippen molar-refractivity contribution in [3.63, 3.8) is 0 Å². The molecule has 2 aromatic heterocycles. The molecule has 0 unspecified atom stereocenters. The third-order valence-electron chi connectivity index (χ3n) is 5.68. The zero-order valence-corrected chi connectivity index (χ0v) is 15.4. The van der Waals surface area contributed by atoms with Crippen molar-refractivity contribution in [3.05, 3.63) is 48.3 Å². The Morgan fingerprint density at radius 1 is 1.21 bits per heavy atom. The van der Waals surface area contributed by atoms with E-state index in [4.69, 9.17) is 5.10 Å². The van der Waals surface area contributed by atoms with E-state index in [0.717, 1.165) is 40.8 Å². The Morgan fingerprint density at radius 3 is 2.86 bits per heavy atom. The van der Waals surface area contributed by atoms with E-state index in [9.17, 15) is 9.59 Å². The van der Waals surface area contributed by atoms with E-state index >= 15 is 0 Å². The van der Waals surface area contributed by atoms with E-state index in [2.05, 4.69) is 27.2 Å². The summed E-state index contributed by atoms with van der Waals surface area (Å²) < 4.78 is 6.51. The van der Waals surface area contributed by atoms with Crippen molar-refractivity contribution in [2.24, 2.45) is 0 Å². The smallest absolute Gasteiger partial charge is 0.415 e. The van der Waals surface area contributed by atoms with Crippen LogP contribution in [0.1, 0.15) is 12.1 Å². The second-order valence-electron chi connectivity index (χ2n) is 7.36. The van der Waals surface area contributed by atoms with Gasteiger partial charge in [0.15, 0.2) is 0 Å². The summed E-state index contributed by atoms with van der Waals surface area (Å²) in [6, 6.07) is 11.8. The van der Waals surface area contributed by atoms with Gasteiger partial charge in [-0.25, -0.2) is 14.9 Å². The standard InChI is InChI=1S/C20H19N5O3/c1-28-19(27)22-18(26)24-11-20(12-24)6-7-25-17(20)9-16(23-25)14-8-13-4-2-3-5-15(13)21-10-14/h2-5,8-10H,6-7,11-12H2,1H3,(H,22,26,27). The summed E-state index contributed by atoms with van der Waals surface area (Å²) in [6.45, 7) is 1.96. The zero-order valence-electron chi connectivity index (χ0n) is 15.4. The highest BCUT2D eigenvalue weighted by Gasteiger charge is 2.51. The molecule has 0 saturated carbocycles. The van der Waals surface area contributed by atoms with Crippen molar-refractivity contribution in [3.8, 4) is 11.3 Å². The lowest BCUT2D eigenvalue weighted by Gasteiger charge is -2.47. The van der Waals surface area contributed by atoms with Crippen LogP contribution in [0, 0.1) is 0 Å². The van der Waals surface area contributed by atoms with Crippen LogP contribution in [-0.4, -0.2) is 52.0 Å². The van der Waals surface area contributed by atoms with Gasteiger partial charge in [-0.15, -0.1) is 0 Å². The number of para-hydroxylation sites is 1. The number of likely N-dealkylation sites (tertiary alicyclic amines) is 1. The van der Waals surface area contributed by atoms with E-state index in [-0.39, 0.29) is 5.41 Å². The summed E-state index contributed by atoms with van der Waals surface area (Å²) in [7, 11) is 1.24. The molecule has 142 valence electrons. The Bertz CT molecular complexity index is 1100. The van der Waals surface area contributed by atoms with Crippen molar-refractivity contribution >= 4 is 23.0 Å². The molecule has 1 N–H and O–H groups in total. The summed E-state index contributed by atoms with van der Waals surface area (Å²) in [5, 5.41) is 8.05. The van der Waals surface area contributed by atoms with E-state index in [0.29, 0.717) is 13.1 Å². The van der Waals surface area contributed by atoms with Crippen molar-refractivity contribution in [1.82, 2.24) is 25.0 Å². The number of nitrogens with zero attached hydrogens (tertiary/aromatic N) is 4. The van der Waals surface area contributed by atoms with Gasteiger partial charge in [-0.2, -0.15) is 5.10 Å². The largest absolute Gasteiger partial charge is 0.453 e. The fourth-order valence-corrected chi connectivity index (χ4v) is 4.18. The average molecular weight is 377 g/mol. The van der Waals surface area contributed by atoms with E-state index in [1.807, 2.05) is 35.1 Å². The van der Waals surface area contributed by atoms with Crippen molar-refractivity contribution < 1.29 is 14.3 Å². The first kappa shape index (κ1) is 16.7. The lowest BCUT2D eigenvalue weighted by atomic mass is 9.76. The molecular weight excluding hydrogens is 358 g/mol. The molecule has 2 aliphatic heterocycles. The van der Waals surface area contributed by atoms with Gasteiger partial charge < -0.3 is 9.64 Å². The molecule has 8 heteroatoms. The van der Waals surface area contributed by atoms with Crippen LogP contribution >= 0.6 is 0 Å². The van der Waals surface area contributed by atoms with Crippen LogP contribution in [0.4, 0.5) is 9.59 Å². The minimum atomic E-state index is -0.742. The number of urea groups is 1. The minimum absolute atomic E-state index is 0.0943. The summed E-state index contributed by atoms with van der Waals surface area (Å²) in [4.78, 5) is 29.5. The van der Waals surface area contributed by atoms with Gasteiger partial charge in [0.05, 0.1) is 18.3 Å². The van der Waals surface area contributed by atoms with Crippen LogP contribution in [0.5, 0.6) is 0 Å². The molecule has 2 aliphatic rings. The normalized spacial score (nSPS) is 16.7. The number of aromatic nitrogens is 3. The number of methoxy groups -OCH3 is 1. The van der Waals surface area contributed by atoms with Gasteiger partial charge in [0.25, 0.3) is 0 Å². The molecule has 0 aliphatic carbocycles. The summed E-state index contributed by atoms with van der Waals surface area (Å²) >= 11 is 0. The van der Waals surface area contributed by atoms with Crippen LogP contribution in [0.15, 0.2) is 42.6 Å². The van der Waals surface area contributed by atoms with Gasteiger partial charge in [-0.05, 0) is 24.6 Å². The van der Waals surface area contributed by atoms with Crippen molar-refractivity contribution in [2.45, 2.75) is 18.4 Å². The van der Waals surface area contributed by atoms with Gasteiger partial charge in [0.2, 0.25) is 0 Å². The molecule has 1 spiro atoms. The first-order valence-corrected chi connectivity index (χ1v) is 9.15. The van der Waals surface area contributed by atoms with Crippen molar-refractivity contribution in [2.75, 3.05) is 20.2 Å². The number of hydrogen-bond donors (Lipinski definition) is 1. The molecule has 4 heterocycles. The van der Waals surface area contributed by atoms with Gasteiger partial charge >= 0.3 is 12.1 Å².